The number of morpholine rings is 1. The molecule has 1 saturated heterocycles. The fraction of sp³-hybridized carbons (Fsp3) is 0.292. The molecule has 3 aromatic rings. The maximum absolute atomic E-state index is 12.9. The van der Waals surface area contributed by atoms with Gasteiger partial charge in [0, 0.05) is 57.9 Å². The molecule has 0 spiro atoms. The van der Waals surface area contributed by atoms with Gasteiger partial charge in [-0.05, 0) is 34.4 Å². The molecule has 3 heterocycles. The number of amides is 1. The lowest BCUT2D eigenvalue weighted by Gasteiger charge is -2.41. The second-order valence-corrected chi connectivity index (χ2v) is 7.61. The summed E-state index contributed by atoms with van der Waals surface area (Å²) in [5, 5.41) is 2.81. The first-order valence-electron chi connectivity index (χ1n) is 10.2. The highest BCUT2D eigenvalue weighted by Gasteiger charge is 2.43. The number of rotatable bonds is 6. The van der Waals surface area contributed by atoms with Gasteiger partial charge in [0.05, 0.1) is 6.61 Å². The monoisotopic (exact) mass is 402 g/mol. The lowest BCUT2D eigenvalue weighted by molar-refractivity contribution is -0.160. The Kier molecular flexibility index (Phi) is 6.16. The van der Waals surface area contributed by atoms with Crippen LogP contribution >= 0.6 is 0 Å². The van der Waals surface area contributed by atoms with Gasteiger partial charge in [-0.15, -0.1) is 0 Å². The minimum Gasteiger partial charge on any atom is -0.362 e. The maximum Gasteiger partial charge on any atom is 0.253 e. The predicted octanol–water partition coefficient (Wildman–Crippen LogP) is 2.70. The van der Waals surface area contributed by atoms with Crippen molar-refractivity contribution in [1.29, 1.82) is 0 Å². The highest BCUT2D eigenvalue weighted by molar-refractivity contribution is 5.86. The Labute approximate surface area is 176 Å². The molecule has 1 fully saturated rings. The third kappa shape index (κ3) is 4.56. The van der Waals surface area contributed by atoms with E-state index in [0.29, 0.717) is 19.6 Å². The summed E-state index contributed by atoms with van der Waals surface area (Å²) < 4.78 is 6.13. The van der Waals surface area contributed by atoms with E-state index < -0.39 is 5.60 Å². The smallest absolute Gasteiger partial charge is 0.253 e. The molecule has 0 aliphatic carbocycles. The Morgan fingerprint density at radius 1 is 1.03 bits per heavy atom. The van der Waals surface area contributed by atoms with Crippen LogP contribution in [0.2, 0.25) is 0 Å². The first-order valence-corrected chi connectivity index (χ1v) is 10.2. The van der Waals surface area contributed by atoms with Gasteiger partial charge < -0.3 is 10.1 Å². The van der Waals surface area contributed by atoms with E-state index in [-0.39, 0.29) is 5.91 Å². The molecule has 0 unspecified atom stereocenters. The largest absolute Gasteiger partial charge is 0.362 e. The zero-order chi connectivity index (χ0) is 20.8. The summed E-state index contributed by atoms with van der Waals surface area (Å²) in [6, 6.07) is 16.2. The van der Waals surface area contributed by atoms with Gasteiger partial charge in [-0.2, -0.15) is 0 Å². The molecule has 0 bridgehead atoms. The SMILES string of the molecule is CNC(=O)[C@]1(Cc2ccc(-c3cccnc3)cc2)CN(Cc2cccnc2)CCO1. The molecule has 30 heavy (non-hydrogen) atoms. The molecular formula is C24H26N4O2. The van der Waals surface area contributed by atoms with Crippen LogP contribution in [0.1, 0.15) is 11.1 Å². The summed E-state index contributed by atoms with van der Waals surface area (Å²) in [5.41, 5.74) is 3.45. The van der Waals surface area contributed by atoms with Crippen molar-refractivity contribution < 1.29 is 9.53 Å². The lowest BCUT2D eigenvalue weighted by Crippen LogP contribution is -2.60. The molecule has 6 nitrogen and oxygen atoms in total. The van der Waals surface area contributed by atoms with E-state index in [1.54, 1.807) is 19.4 Å². The van der Waals surface area contributed by atoms with Crippen LogP contribution in [0.5, 0.6) is 0 Å². The zero-order valence-electron chi connectivity index (χ0n) is 17.1. The highest BCUT2D eigenvalue weighted by Crippen LogP contribution is 2.26. The normalized spacial score (nSPS) is 19.4. The van der Waals surface area contributed by atoms with E-state index in [2.05, 4.69) is 50.5 Å². The van der Waals surface area contributed by atoms with Crippen molar-refractivity contribution in [2.24, 2.45) is 0 Å². The molecule has 1 aromatic carbocycles. The zero-order valence-corrected chi connectivity index (χ0v) is 17.1. The Balaban J connectivity index is 1.52. The Morgan fingerprint density at radius 2 is 1.80 bits per heavy atom. The molecule has 2 aromatic heterocycles. The molecule has 154 valence electrons. The van der Waals surface area contributed by atoms with Gasteiger partial charge in [0.2, 0.25) is 0 Å². The molecule has 1 aliphatic rings. The number of ether oxygens (including phenoxy) is 1. The van der Waals surface area contributed by atoms with E-state index in [4.69, 9.17) is 4.74 Å². The van der Waals surface area contributed by atoms with Crippen molar-refractivity contribution >= 4 is 5.91 Å². The Bertz CT molecular complexity index is 964. The molecule has 0 radical (unpaired) electrons. The number of hydrogen-bond donors (Lipinski definition) is 1. The third-order valence-electron chi connectivity index (χ3n) is 5.47. The standard InChI is InChI=1S/C24H26N4O2/c1-25-23(29)24(18-28(12-13-30-24)17-20-4-2-10-26-15-20)14-19-6-8-21(9-7-19)22-5-3-11-27-16-22/h2-11,15-16H,12-14,17-18H2,1H3,(H,25,29)/t24-/m0/s1. The minimum atomic E-state index is -0.912. The second kappa shape index (κ2) is 9.15. The molecule has 1 atom stereocenters. The lowest BCUT2D eigenvalue weighted by atomic mass is 9.90. The summed E-state index contributed by atoms with van der Waals surface area (Å²) in [5.74, 6) is -0.0882. The number of likely N-dealkylation sites (N-methyl/N-ethyl adjacent to an activating group) is 1. The number of nitrogens with zero attached hydrogens (tertiary/aromatic N) is 3. The van der Waals surface area contributed by atoms with Crippen LogP contribution in [-0.2, 0) is 22.5 Å². The summed E-state index contributed by atoms with van der Waals surface area (Å²) in [6.45, 7) is 2.58. The van der Waals surface area contributed by atoms with Crippen LogP contribution in [0.25, 0.3) is 11.1 Å². The topological polar surface area (TPSA) is 67.4 Å². The molecule has 1 amide bonds. The van der Waals surface area contributed by atoms with Crippen molar-refractivity contribution in [2.75, 3.05) is 26.7 Å². The molecule has 0 saturated carbocycles. The van der Waals surface area contributed by atoms with Crippen molar-refractivity contribution in [3.8, 4) is 11.1 Å². The van der Waals surface area contributed by atoms with Gasteiger partial charge in [-0.25, -0.2) is 0 Å². The molecule has 1 N–H and O–H groups in total. The van der Waals surface area contributed by atoms with E-state index in [9.17, 15) is 4.79 Å². The van der Waals surface area contributed by atoms with Crippen LogP contribution in [0.4, 0.5) is 0 Å². The highest BCUT2D eigenvalue weighted by atomic mass is 16.5. The first kappa shape index (κ1) is 20.2. The quantitative estimate of drug-likeness (QED) is 0.687. The Hall–Kier alpha value is -3.09. The van der Waals surface area contributed by atoms with Gasteiger partial charge in [0.1, 0.15) is 0 Å². The number of hydrogen-bond acceptors (Lipinski definition) is 5. The summed E-state index contributed by atoms with van der Waals surface area (Å²) >= 11 is 0. The van der Waals surface area contributed by atoms with Gasteiger partial charge in [-0.1, -0.05) is 36.4 Å². The van der Waals surface area contributed by atoms with E-state index in [0.717, 1.165) is 35.3 Å². The van der Waals surface area contributed by atoms with Gasteiger partial charge in [0.25, 0.3) is 5.91 Å². The molecule has 1 aliphatic heterocycles. The fourth-order valence-electron chi connectivity index (χ4n) is 3.97. The van der Waals surface area contributed by atoms with Crippen LogP contribution < -0.4 is 5.32 Å². The van der Waals surface area contributed by atoms with Crippen molar-refractivity contribution in [3.05, 3.63) is 84.4 Å². The van der Waals surface area contributed by atoms with E-state index in [1.165, 1.54) is 0 Å². The number of carbonyl (C=O) groups is 1. The number of aromatic nitrogens is 2. The van der Waals surface area contributed by atoms with E-state index in [1.807, 2.05) is 30.6 Å². The fourth-order valence-corrected chi connectivity index (χ4v) is 3.97. The van der Waals surface area contributed by atoms with E-state index >= 15 is 0 Å². The number of benzene rings is 1. The average molecular weight is 402 g/mol. The molecule has 4 rings (SSSR count). The minimum absolute atomic E-state index is 0.0882. The first-order chi connectivity index (χ1) is 14.7. The number of pyridine rings is 2. The van der Waals surface area contributed by atoms with Crippen LogP contribution in [0.3, 0.4) is 0 Å². The maximum atomic E-state index is 12.9. The van der Waals surface area contributed by atoms with Crippen molar-refractivity contribution in [2.45, 2.75) is 18.6 Å². The van der Waals surface area contributed by atoms with Crippen LogP contribution in [-0.4, -0.2) is 53.1 Å². The van der Waals surface area contributed by atoms with Crippen LogP contribution in [0.15, 0.2) is 73.3 Å². The van der Waals surface area contributed by atoms with Gasteiger partial charge in [0.15, 0.2) is 5.60 Å². The van der Waals surface area contributed by atoms with Gasteiger partial charge in [-0.3, -0.25) is 19.7 Å². The summed E-state index contributed by atoms with van der Waals surface area (Å²) in [6.07, 6.45) is 7.77. The average Bonchev–Trinajstić information content (AvgIpc) is 2.80. The number of carbonyl (C=O) groups excluding carboxylic acids is 1. The van der Waals surface area contributed by atoms with Gasteiger partial charge >= 0.3 is 0 Å². The number of nitrogens with one attached hydrogen (secondary N) is 1. The second-order valence-electron chi connectivity index (χ2n) is 7.61. The third-order valence-corrected chi connectivity index (χ3v) is 5.47. The van der Waals surface area contributed by atoms with Crippen LogP contribution in [0, 0.1) is 0 Å². The summed E-state index contributed by atoms with van der Waals surface area (Å²) in [4.78, 5) is 23.5. The predicted molar refractivity (Wildman–Crippen MR) is 116 cm³/mol. The molecular weight excluding hydrogens is 376 g/mol. The van der Waals surface area contributed by atoms with Crippen molar-refractivity contribution in [3.63, 3.8) is 0 Å². The Morgan fingerprint density at radius 3 is 2.47 bits per heavy atom. The molecule has 6 heteroatoms. The van der Waals surface area contributed by atoms with Crippen molar-refractivity contribution in [1.82, 2.24) is 20.2 Å². The summed E-state index contributed by atoms with van der Waals surface area (Å²) in [7, 11) is 1.67.